The van der Waals surface area contributed by atoms with Gasteiger partial charge in [-0.1, -0.05) is 17.7 Å². The third-order valence-corrected chi connectivity index (χ3v) is 3.26. The van der Waals surface area contributed by atoms with Gasteiger partial charge in [-0.25, -0.2) is 0 Å². The molecular weight excluding hydrogens is 273 g/mol. The first-order valence-electron chi connectivity index (χ1n) is 5.60. The molecule has 0 bridgehead atoms. The zero-order valence-corrected chi connectivity index (χ0v) is 12.3. The highest BCUT2D eigenvalue weighted by Gasteiger charge is 2.16. The van der Waals surface area contributed by atoms with E-state index in [1.54, 1.807) is 31.2 Å². The summed E-state index contributed by atoms with van der Waals surface area (Å²) in [7, 11) is 3.29. The second kappa shape index (κ2) is 6.98. The molecule has 0 saturated heterocycles. The molecule has 18 heavy (non-hydrogen) atoms. The Kier molecular flexibility index (Phi) is 5.93. The van der Waals surface area contributed by atoms with Crippen molar-refractivity contribution in [2.24, 2.45) is 0 Å². The van der Waals surface area contributed by atoms with E-state index in [0.29, 0.717) is 23.7 Å². The van der Waals surface area contributed by atoms with Crippen LogP contribution in [0.15, 0.2) is 18.2 Å². The smallest absolute Gasteiger partial charge is 0.253 e. The van der Waals surface area contributed by atoms with Crippen LogP contribution >= 0.6 is 23.2 Å². The van der Waals surface area contributed by atoms with Gasteiger partial charge in [0.05, 0.1) is 12.0 Å². The number of benzene rings is 1. The van der Waals surface area contributed by atoms with Crippen LogP contribution < -0.4 is 0 Å². The molecule has 0 spiro atoms. The molecule has 1 aromatic rings. The highest BCUT2D eigenvalue weighted by Crippen LogP contribution is 2.17. The molecular formula is C13H17Cl2NO2. The number of aryl methyl sites for hydroxylation is 1. The number of rotatable bonds is 5. The van der Waals surface area contributed by atoms with Crippen molar-refractivity contribution in [1.82, 2.24) is 4.90 Å². The Balaban J connectivity index is 2.71. The average Bonchev–Trinajstić information content (AvgIpc) is 2.32. The van der Waals surface area contributed by atoms with Gasteiger partial charge in [-0.3, -0.25) is 4.79 Å². The van der Waals surface area contributed by atoms with Crippen LogP contribution in [0.3, 0.4) is 0 Å². The molecule has 5 heteroatoms. The van der Waals surface area contributed by atoms with Gasteiger partial charge in [0.1, 0.15) is 0 Å². The molecule has 0 aromatic heterocycles. The Morgan fingerprint density at radius 3 is 2.72 bits per heavy atom. The number of methoxy groups -OCH3 is 1. The van der Waals surface area contributed by atoms with Gasteiger partial charge in [0.15, 0.2) is 0 Å². The first-order chi connectivity index (χ1) is 8.45. The Morgan fingerprint density at radius 1 is 1.50 bits per heavy atom. The van der Waals surface area contributed by atoms with Gasteiger partial charge < -0.3 is 9.64 Å². The van der Waals surface area contributed by atoms with E-state index in [4.69, 9.17) is 27.9 Å². The minimum atomic E-state index is -0.218. The number of nitrogens with zero attached hydrogens (tertiary/aromatic N) is 1. The summed E-state index contributed by atoms with van der Waals surface area (Å²) < 4.78 is 4.93. The summed E-state index contributed by atoms with van der Waals surface area (Å²) in [5.41, 5.74) is 1.51. The zero-order valence-electron chi connectivity index (χ0n) is 10.7. The Morgan fingerprint density at radius 2 is 2.17 bits per heavy atom. The van der Waals surface area contributed by atoms with Crippen molar-refractivity contribution in [2.45, 2.75) is 12.3 Å². The standard InChI is InChI=1S/C13H17Cl2NO2/c1-9-4-5-10(6-12(9)15)13(17)16(2)7-11(14)8-18-3/h4-6,11H,7-8H2,1-3H3. The molecule has 0 fully saturated rings. The maximum atomic E-state index is 12.1. The summed E-state index contributed by atoms with van der Waals surface area (Å²) >= 11 is 12.0. The molecule has 0 radical (unpaired) electrons. The van der Waals surface area contributed by atoms with Crippen LogP contribution in [-0.2, 0) is 4.74 Å². The number of amides is 1. The van der Waals surface area contributed by atoms with Gasteiger partial charge in [-0.05, 0) is 24.6 Å². The summed E-state index contributed by atoms with van der Waals surface area (Å²) in [4.78, 5) is 13.7. The van der Waals surface area contributed by atoms with E-state index in [1.165, 1.54) is 0 Å². The summed E-state index contributed by atoms with van der Waals surface area (Å²) in [5.74, 6) is -0.0985. The van der Waals surface area contributed by atoms with E-state index in [1.807, 2.05) is 13.0 Å². The molecule has 0 aliphatic rings. The quantitative estimate of drug-likeness (QED) is 0.780. The summed E-state index contributed by atoms with van der Waals surface area (Å²) in [5, 5.41) is 0.374. The molecule has 1 amide bonds. The molecule has 3 nitrogen and oxygen atoms in total. The lowest BCUT2D eigenvalue weighted by Gasteiger charge is -2.20. The van der Waals surface area contributed by atoms with Crippen molar-refractivity contribution < 1.29 is 9.53 Å². The predicted octanol–water partition coefficient (Wildman–Crippen LogP) is 2.97. The lowest BCUT2D eigenvalue weighted by Crippen LogP contribution is -2.33. The van der Waals surface area contributed by atoms with Crippen molar-refractivity contribution in [2.75, 3.05) is 27.3 Å². The number of carbonyl (C=O) groups is 1. The van der Waals surface area contributed by atoms with E-state index in [9.17, 15) is 4.79 Å². The van der Waals surface area contributed by atoms with Crippen LogP contribution in [-0.4, -0.2) is 43.5 Å². The van der Waals surface area contributed by atoms with E-state index in [-0.39, 0.29) is 11.3 Å². The van der Waals surface area contributed by atoms with Crippen LogP contribution in [0.25, 0.3) is 0 Å². The van der Waals surface area contributed by atoms with Crippen LogP contribution in [0.2, 0.25) is 5.02 Å². The number of alkyl halides is 1. The van der Waals surface area contributed by atoms with Crippen LogP contribution in [0.5, 0.6) is 0 Å². The molecule has 0 heterocycles. The number of hydrogen-bond acceptors (Lipinski definition) is 2. The number of halogens is 2. The fourth-order valence-electron chi connectivity index (χ4n) is 1.56. The Labute approximate surface area is 118 Å². The van der Waals surface area contributed by atoms with Gasteiger partial charge in [-0.2, -0.15) is 0 Å². The maximum absolute atomic E-state index is 12.1. The van der Waals surface area contributed by atoms with Crippen LogP contribution in [0.4, 0.5) is 0 Å². The molecule has 1 rings (SSSR count). The monoisotopic (exact) mass is 289 g/mol. The van der Waals surface area contributed by atoms with Gasteiger partial charge in [0.25, 0.3) is 5.91 Å². The van der Waals surface area contributed by atoms with Gasteiger partial charge >= 0.3 is 0 Å². The average molecular weight is 290 g/mol. The fourth-order valence-corrected chi connectivity index (χ4v) is 2.07. The van der Waals surface area contributed by atoms with Gasteiger partial charge in [0, 0.05) is 31.3 Å². The van der Waals surface area contributed by atoms with E-state index in [0.717, 1.165) is 5.56 Å². The topological polar surface area (TPSA) is 29.5 Å². The largest absolute Gasteiger partial charge is 0.383 e. The zero-order chi connectivity index (χ0) is 13.7. The minimum Gasteiger partial charge on any atom is -0.383 e. The van der Waals surface area contributed by atoms with Gasteiger partial charge in [0.2, 0.25) is 0 Å². The van der Waals surface area contributed by atoms with Crippen LogP contribution in [0.1, 0.15) is 15.9 Å². The fraction of sp³-hybridized carbons (Fsp3) is 0.462. The normalized spacial score (nSPS) is 12.3. The summed E-state index contributed by atoms with van der Waals surface area (Å²) in [6.07, 6.45) is 0. The molecule has 0 N–H and O–H groups in total. The summed E-state index contributed by atoms with van der Waals surface area (Å²) in [6.45, 7) is 2.74. The van der Waals surface area contributed by atoms with Crippen molar-refractivity contribution in [1.29, 1.82) is 0 Å². The third kappa shape index (κ3) is 4.16. The second-order valence-electron chi connectivity index (χ2n) is 4.20. The Hall–Kier alpha value is -0.770. The first-order valence-corrected chi connectivity index (χ1v) is 6.41. The van der Waals surface area contributed by atoms with E-state index < -0.39 is 0 Å². The molecule has 100 valence electrons. The number of hydrogen-bond donors (Lipinski definition) is 0. The highest BCUT2D eigenvalue weighted by atomic mass is 35.5. The second-order valence-corrected chi connectivity index (χ2v) is 5.23. The van der Waals surface area contributed by atoms with Crippen LogP contribution in [0, 0.1) is 6.92 Å². The van der Waals surface area contributed by atoms with Crippen molar-refractivity contribution in [3.63, 3.8) is 0 Å². The summed E-state index contributed by atoms with van der Waals surface area (Å²) in [6, 6.07) is 5.27. The van der Waals surface area contributed by atoms with Gasteiger partial charge in [-0.15, -0.1) is 11.6 Å². The SMILES string of the molecule is COCC(Cl)CN(C)C(=O)c1ccc(C)c(Cl)c1. The molecule has 0 saturated carbocycles. The molecule has 0 aliphatic heterocycles. The molecule has 1 aromatic carbocycles. The first kappa shape index (κ1) is 15.3. The molecule has 1 atom stereocenters. The van der Waals surface area contributed by atoms with E-state index in [2.05, 4.69) is 0 Å². The number of carbonyl (C=O) groups excluding carboxylic acids is 1. The predicted molar refractivity (Wildman–Crippen MR) is 74.7 cm³/mol. The number of ether oxygens (including phenoxy) is 1. The molecule has 0 aliphatic carbocycles. The Bertz CT molecular complexity index is 423. The highest BCUT2D eigenvalue weighted by molar-refractivity contribution is 6.31. The lowest BCUT2D eigenvalue weighted by molar-refractivity contribution is 0.0781. The maximum Gasteiger partial charge on any atom is 0.253 e. The third-order valence-electron chi connectivity index (χ3n) is 2.58. The van der Waals surface area contributed by atoms with E-state index >= 15 is 0 Å². The van der Waals surface area contributed by atoms with Crippen molar-refractivity contribution >= 4 is 29.1 Å². The minimum absolute atomic E-state index is 0.0985. The van der Waals surface area contributed by atoms with Crippen molar-refractivity contribution in [3.05, 3.63) is 34.3 Å². The van der Waals surface area contributed by atoms with Crippen molar-refractivity contribution in [3.8, 4) is 0 Å². The lowest BCUT2D eigenvalue weighted by atomic mass is 10.1. The molecule has 1 unspecified atom stereocenters.